The van der Waals surface area contributed by atoms with Crippen molar-refractivity contribution in [1.82, 2.24) is 0 Å². The van der Waals surface area contributed by atoms with Crippen LogP contribution >= 0.6 is 10.7 Å². The molecular weight excluding hydrogens is 286 g/mol. The van der Waals surface area contributed by atoms with Crippen LogP contribution in [-0.2, 0) is 9.05 Å². The van der Waals surface area contributed by atoms with E-state index in [-0.39, 0.29) is 4.90 Å². The summed E-state index contributed by atoms with van der Waals surface area (Å²) >= 11 is 0. The Hall–Kier alpha value is -1.25. The van der Waals surface area contributed by atoms with Crippen molar-refractivity contribution in [1.29, 1.82) is 5.26 Å². The predicted molar refractivity (Wildman–Crippen MR) is 73.7 cm³/mol. The molecule has 0 spiro atoms. The molecule has 0 saturated carbocycles. The lowest BCUT2D eigenvalue weighted by molar-refractivity contribution is 0.264. The maximum Gasteiger partial charge on any atom is 0.261 e. The quantitative estimate of drug-likeness (QED) is 0.783. The second kappa shape index (κ2) is 5.81. The van der Waals surface area contributed by atoms with Crippen LogP contribution in [-0.4, -0.2) is 15.0 Å². The fraction of sp³-hybridized carbons (Fsp3) is 0.462. The molecule has 0 N–H and O–H groups in total. The molecule has 1 aromatic rings. The number of benzene rings is 1. The van der Waals surface area contributed by atoms with Gasteiger partial charge in [-0.25, -0.2) is 8.42 Å². The van der Waals surface area contributed by atoms with E-state index >= 15 is 0 Å². The molecule has 0 unspecified atom stereocenters. The summed E-state index contributed by atoms with van der Waals surface area (Å²) in [5.41, 5.74) is 0.0983. The average molecular weight is 302 g/mol. The first-order chi connectivity index (χ1) is 8.65. The molecule has 0 bridgehead atoms. The van der Waals surface area contributed by atoms with Gasteiger partial charge in [-0.05, 0) is 51.0 Å². The molecule has 19 heavy (non-hydrogen) atoms. The van der Waals surface area contributed by atoms with Crippen molar-refractivity contribution < 1.29 is 13.2 Å². The van der Waals surface area contributed by atoms with Gasteiger partial charge in [-0.2, -0.15) is 5.26 Å². The molecule has 0 saturated heterocycles. The molecule has 0 aliphatic heterocycles. The van der Waals surface area contributed by atoms with Crippen LogP contribution in [0.15, 0.2) is 23.1 Å². The summed E-state index contributed by atoms with van der Waals surface area (Å²) in [5, 5.41) is 8.87. The molecule has 0 radical (unpaired) electrons. The van der Waals surface area contributed by atoms with Gasteiger partial charge in [0.2, 0.25) is 0 Å². The topological polar surface area (TPSA) is 67.2 Å². The Labute approximate surface area is 118 Å². The van der Waals surface area contributed by atoms with Crippen LogP contribution in [0.2, 0.25) is 0 Å². The number of nitrogens with zero attached hydrogens (tertiary/aromatic N) is 1. The Morgan fingerprint density at radius 1 is 1.42 bits per heavy atom. The number of rotatable bonds is 5. The highest BCUT2D eigenvalue weighted by molar-refractivity contribution is 8.13. The Morgan fingerprint density at radius 2 is 2.05 bits per heavy atom. The fourth-order valence-corrected chi connectivity index (χ4v) is 2.66. The van der Waals surface area contributed by atoms with E-state index in [9.17, 15) is 8.42 Å². The zero-order valence-corrected chi connectivity index (χ0v) is 12.7. The predicted octanol–water partition coefficient (Wildman–Crippen LogP) is 3.24. The zero-order chi connectivity index (χ0) is 14.7. The molecule has 1 aromatic carbocycles. The van der Waals surface area contributed by atoms with Crippen LogP contribution in [0.25, 0.3) is 0 Å². The number of nitriles is 1. The Balaban J connectivity index is 2.74. The van der Waals surface area contributed by atoms with Crippen LogP contribution < -0.4 is 4.74 Å². The van der Waals surface area contributed by atoms with Crippen molar-refractivity contribution in [2.24, 2.45) is 5.41 Å². The summed E-state index contributed by atoms with van der Waals surface area (Å²) in [4.78, 5) is 0.0823. The smallest absolute Gasteiger partial charge is 0.261 e. The van der Waals surface area contributed by atoms with Gasteiger partial charge in [0, 0.05) is 10.7 Å². The van der Waals surface area contributed by atoms with E-state index in [0.29, 0.717) is 24.3 Å². The minimum Gasteiger partial charge on any atom is -0.494 e. The van der Waals surface area contributed by atoms with E-state index in [2.05, 4.69) is 6.07 Å². The molecule has 0 amide bonds. The van der Waals surface area contributed by atoms with Gasteiger partial charge in [0.15, 0.2) is 0 Å². The third-order valence-corrected chi connectivity index (χ3v) is 4.19. The van der Waals surface area contributed by atoms with Crippen molar-refractivity contribution in [3.8, 4) is 11.8 Å². The van der Waals surface area contributed by atoms with Crippen LogP contribution in [0.1, 0.15) is 25.8 Å². The average Bonchev–Trinajstić information content (AvgIpc) is 2.27. The second-order valence-electron chi connectivity index (χ2n) is 4.96. The summed E-state index contributed by atoms with van der Waals surface area (Å²) in [6.45, 7) is 5.73. The van der Waals surface area contributed by atoms with Crippen LogP contribution in [0.4, 0.5) is 0 Å². The van der Waals surface area contributed by atoms with Gasteiger partial charge in [0.1, 0.15) is 5.75 Å². The van der Waals surface area contributed by atoms with Crippen LogP contribution in [0, 0.1) is 23.7 Å². The monoisotopic (exact) mass is 301 g/mol. The summed E-state index contributed by atoms with van der Waals surface area (Å²) in [5.74, 6) is 0.565. The molecule has 0 aliphatic rings. The van der Waals surface area contributed by atoms with Crippen molar-refractivity contribution in [2.45, 2.75) is 32.1 Å². The van der Waals surface area contributed by atoms with Crippen molar-refractivity contribution >= 4 is 19.7 Å². The zero-order valence-electron chi connectivity index (χ0n) is 11.1. The van der Waals surface area contributed by atoms with Crippen molar-refractivity contribution in [3.05, 3.63) is 23.8 Å². The van der Waals surface area contributed by atoms with Gasteiger partial charge in [-0.1, -0.05) is 0 Å². The van der Waals surface area contributed by atoms with Gasteiger partial charge in [-0.3, -0.25) is 0 Å². The van der Waals surface area contributed by atoms with E-state index in [1.165, 1.54) is 6.07 Å². The Kier molecular flexibility index (Phi) is 4.83. The maximum absolute atomic E-state index is 11.2. The van der Waals surface area contributed by atoms with E-state index in [0.717, 1.165) is 0 Å². The first-order valence-corrected chi connectivity index (χ1v) is 8.06. The number of halogens is 1. The van der Waals surface area contributed by atoms with Crippen molar-refractivity contribution in [3.63, 3.8) is 0 Å². The lowest BCUT2D eigenvalue weighted by Crippen LogP contribution is -2.13. The molecule has 1 rings (SSSR count). The van der Waals surface area contributed by atoms with Gasteiger partial charge in [0.05, 0.1) is 23.0 Å². The highest BCUT2D eigenvalue weighted by Gasteiger charge is 2.17. The third kappa shape index (κ3) is 4.73. The third-order valence-electron chi connectivity index (χ3n) is 2.71. The van der Waals surface area contributed by atoms with E-state index in [1.54, 1.807) is 19.1 Å². The van der Waals surface area contributed by atoms with Gasteiger partial charge in [0.25, 0.3) is 9.05 Å². The van der Waals surface area contributed by atoms with Gasteiger partial charge >= 0.3 is 0 Å². The van der Waals surface area contributed by atoms with Gasteiger partial charge < -0.3 is 4.74 Å². The van der Waals surface area contributed by atoms with E-state index in [4.69, 9.17) is 20.7 Å². The molecule has 0 heterocycles. The molecule has 6 heteroatoms. The van der Waals surface area contributed by atoms with Crippen LogP contribution in [0.5, 0.6) is 5.75 Å². The molecule has 104 valence electrons. The normalized spacial score (nSPS) is 11.9. The highest BCUT2D eigenvalue weighted by atomic mass is 35.7. The summed E-state index contributed by atoms with van der Waals surface area (Å²) < 4.78 is 28.0. The lowest BCUT2D eigenvalue weighted by Gasteiger charge is -2.15. The SMILES string of the molecule is Cc1cc(OCCC(C)(C)C#N)ccc1S(=O)(=O)Cl. The Bertz CT molecular complexity index is 603. The number of hydrogen-bond donors (Lipinski definition) is 0. The minimum atomic E-state index is -3.72. The van der Waals surface area contributed by atoms with Crippen molar-refractivity contribution in [2.75, 3.05) is 6.61 Å². The number of aryl methyl sites for hydroxylation is 1. The Morgan fingerprint density at radius 3 is 2.53 bits per heavy atom. The van der Waals surface area contributed by atoms with Gasteiger partial charge in [-0.15, -0.1) is 0 Å². The minimum absolute atomic E-state index is 0.0823. The first-order valence-electron chi connectivity index (χ1n) is 5.75. The molecule has 0 atom stereocenters. The fourth-order valence-electron chi connectivity index (χ4n) is 1.47. The standard InChI is InChI=1S/C13H16ClNO3S/c1-10-8-11(4-5-12(10)19(14,16)17)18-7-6-13(2,3)9-15/h4-5,8H,6-7H2,1-3H3. The molecule has 0 aliphatic carbocycles. The molecule has 0 fully saturated rings. The molecule has 4 nitrogen and oxygen atoms in total. The molecular formula is C13H16ClNO3S. The molecule has 0 aromatic heterocycles. The van der Waals surface area contributed by atoms with Crippen LogP contribution in [0.3, 0.4) is 0 Å². The van der Waals surface area contributed by atoms with E-state index in [1.807, 2.05) is 13.8 Å². The second-order valence-corrected chi connectivity index (χ2v) is 7.49. The number of hydrogen-bond acceptors (Lipinski definition) is 4. The first kappa shape index (κ1) is 15.8. The largest absolute Gasteiger partial charge is 0.494 e. The summed E-state index contributed by atoms with van der Waals surface area (Å²) in [6.07, 6.45) is 0.595. The maximum atomic E-state index is 11.2. The lowest BCUT2D eigenvalue weighted by atomic mass is 9.92. The van der Waals surface area contributed by atoms with E-state index < -0.39 is 14.5 Å². The summed E-state index contributed by atoms with van der Waals surface area (Å²) in [7, 11) is 1.57. The summed E-state index contributed by atoms with van der Waals surface area (Å²) in [6, 6.07) is 6.79. The number of ether oxygens (including phenoxy) is 1. The highest BCUT2D eigenvalue weighted by Crippen LogP contribution is 2.25.